The molecule has 2 aromatic rings. The molecule has 1 N–H and O–H groups in total. The molecule has 34 heavy (non-hydrogen) atoms. The zero-order chi connectivity index (χ0) is 23.5. The van der Waals surface area contributed by atoms with Crippen LogP contribution in [0.15, 0.2) is 54.6 Å². The van der Waals surface area contributed by atoms with Gasteiger partial charge in [-0.05, 0) is 30.7 Å². The molecule has 0 radical (unpaired) electrons. The third-order valence-corrected chi connectivity index (χ3v) is 7.63. The average Bonchev–Trinajstić information content (AvgIpc) is 3.58. The van der Waals surface area contributed by atoms with Crippen molar-refractivity contribution in [1.29, 1.82) is 0 Å². The molecule has 2 saturated heterocycles. The number of likely N-dealkylation sites (tertiary alicyclic amines) is 1. The predicted molar refractivity (Wildman–Crippen MR) is 121 cm³/mol. The molecule has 2 amide bonds. The van der Waals surface area contributed by atoms with Gasteiger partial charge in [0.1, 0.15) is 11.4 Å². The third kappa shape index (κ3) is 2.88. The van der Waals surface area contributed by atoms with Gasteiger partial charge in [-0.15, -0.1) is 0 Å². The summed E-state index contributed by atoms with van der Waals surface area (Å²) in [6, 6.07) is 13.2. The maximum Gasteiger partial charge on any atom is 0.233 e. The molecule has 0 aliphatic carbocycles. The summed E-state index contributed by atoms with van der Waals surface area (Å²) in [6.45, 7) is 3.19. The number of rotatable bonds is 6. The van der Waals surface area contributed by atoms with Crippen LogP contribution in [0, 0.1) is 11.3 Å². The van der Waals surface area contributed by atoms with E-state index in [9.17, 15) is 9.59 Å². The number of nitrogens with zero attached hydrogens (tertiary/aromatic N) is 1. The molecule has 176 valence electrons. The molecule has 4 aliphatic heterocycles. The van der Waals surface area contributed by atoms with Gasteiger partial charge in [0.2, 0.25) is 18.6 Å². The maximum atomic E-state index is 13.8. The van der Waals surface area contributed by atoms with E-state index in [-0.39, 0.29) is 18.6 Å². The first-order valence-electron chi connectivity index (χ1n) is 11.4. The van der Waals surface area contributed by atoms with Crippen molar-refractivity contribution >= 4 is 11.8 Å². The number of amides is 2. The number of hydrogen-bond donors (Lipinski definition) is 1. The van der Waals surface area contributed by atoms with Crippen LogP contribution in [0.1, 0.15) is 18.1 Å². The van der Waals surface area contributed by atoms with E-state index >= 15 is 0 Å². The molecule has 2 fully saturated rings. The number of carbonyl (C=O) groups excluding carboxylic acids is 2. The van der Waals surface area contributed by atoms with Crippen molar-refractivity contribution in [3.8, 4) is 17.2 Å². The Morgan fingerprint density at radius 2 is 2.03 bits per heavy atom. The Morgan fingerprint density at radius 3 is 2.88 bits per heavy atom. The number of benzene rings is 2. The van der Waals surface area contributed by atoms with Crippen LogP contribution in [0.3, 0.4) is 0 Å². The first-order chi connectivity index (χ1) is 16.4. The molecule has 4 heterocycles. The van der Waals surface area contributed by atoms with Crippen molar-refractivity contribution in [2.75, 3.05) is 20.4 Å². The topological polar surface area (TPSA) is 86.3 Å². The maximum absolute atomic E-state index is 13.8. The number of carbonyl (C=O) groups is 2. The van der Waals surface area contributed by atoms with Crippen LogP contribution in [0.4, 0.5) is 0 Å². The van der Waals surface area contributed by atoms with Crippen LogP contribution >= 0.6 is 0 Å². The van der Waals surface area contributed by atoms with Gasteiger partial charge in [0.15, 0.2) is 11.5 Å². The Morgan fingerprint density at radius 1 is 1.21 bits per heavy atom. The lowest BCUT2D eigenvalue weighted by Crippen LogP contribution is -2.52. The second-order valence-electron chi connectivity index (χ2n) is 9.39. The Balaban J connectivity index is 1.23. The molecular formula is C26H26N2O6. The van der Waals surface area contributed by atoms with Crippen molar-refractivity contribution < 1.29 is 28.5 Å². The highest BCUT2D eigenvalue weighted by atomic mass is 16.7. The Labute approximate surface area is 197 Å². The summed E-state index contributed by atoms with van der Waals surface area (Å²) >= 11 is 0. The van der Waals surface area contributed by atoms with Crippen LogP contribution in [0.5, 0.6) is 17.2 Å². The van der Waals surface area contributed by atoms with E-state index in [2.05, 4.69) is 5.32 Å². The number of hydrogen-bond acceptors (Lipinski definition) is 6. The first-order valence-corrected chi connectivity index (χ1v) is 11.4. The molecular weight excluding hydrogens is 436 g/mol. The van der Waals surface area contributed by atoms with Gasteiger partial charge in [-0.2, -0.15) is 0 Å². The number of nitrogens with one attached hydrogen (secondary N) is 1. The second kappa shape index (κ2) is 7.50. The quantitative estimate of drug-likeness (QED) is 0.664. The Bertz CT molecular complexity index is 1210. The lowest BCUT2D eigenvalue weighted by molar-refractivity contribution is -0.143. The molecule has 8 nitrogen and oxygen atoms in total. The minimum atomic E-state index is -0.979. The summed E-state index contributed by atoms with van der Waals surface area (Å²) in [5.74, 6) is 1.22. The lowest BCUT2D eigenvalue weighted by Gasteiger charge is -2.34. The van der Waals surface area contributed by atoms with Crippen molar-refractivity contribution in [2.45, 2.75) is 31.7 Å². The number of para-hydroxylation sites is 1. The van der Waals surface area contributed by atoms with Gasteiger partial charge >= 0.3 is 0 Å². The molecule has 6 rings (SSSR count). The summed E-state index contributed by atoms with van der Waals surface area (Å²) < 4.78 is 22.6. The molecule has 8 heteroatoms. The summed E-state index contributed by atoms with van der Waals surface area (Å²) in [4.78, 5) is 29.0. The molecule has 4 aliphatic rings. The van der Waals surface area contributed by atoms with Crippen LogP contribution in [0.2, 0.25) is 0 Å². The van der Waals surface area contributed by atoms with Gasteiger partial charge in [-0.1, -0.05) is 36.4 Å². The van der Waals surface area contributed by atoms with E-state index in [1.807, 2.05) is 61.5 Å². The van der Waals surface area contributed by atoms with Gasteiger partial charge in [-0.25, -0.2) is 0 Å². The largest absolute Gasteiger partial charge is 0.496 e. The molecule has 2 unspecified atom stereocenters. The van der Waals surface area contributed by atoms with Gasteiger partial charge in [-0.3, -0.25) is 9.59 Å². The number of fused-ring (bicyclic) bond motifs is 2. The highest BCUT2D eigenvalue weighted by Gasteiger charge is 2.74. The highest BCUT2D eigenvalue weighted by Crippen LogP contribution is 2.60. The van der Waals surface area contributed by atoms with Crippen molar-refractivity contribution in [1.82, 2.24) is 10.2 Å². The van der Waals surface area contributed by atoms with Crippen LogP contribution in [-0.4, -0.2) is 48.9 Å². The fourth-order valence-electron chi connectivity index (χ4n) is 5.83. The van der Waals surface area contributed by atoms with Gasteiger partial charge in [0.05, 0.1) is 31.1 Å². The van der Waals surface area contributed by atoms with E-state index in [4.69, 9.17) is 18.9 Å². The zero-order valence-electron chi connectivity index (χ0n) is 19.1. The van der Waals surface area contributed by atoms with Crippen LogP contribution in [0.25, 0.3) is 0 Å². The number of ether oxygens (including phenoxy) is 4. The van der Waals surface area contributed by atoms with Gasteiger partial charge in [0, 0.05) is 18.7 Å². The fourth-order valence-corrected chi connectivity index (χ4v) is 5.83. The van der Waals surface area contributed by atoms with E-state index in [1.54, 1.807) is 12.0 Å². The molecule has 0 saturated carbocycles. The van der Waals surface area contributed by atoms with Gasteiger partial charge < -0.3 is 29.2 Å². The van der Waals surface area contributed by atoms with Crippen molar-refractivity contribution in [3.05, 3.63) is 65.7 Å². The van der Waals surface area contributed by atoms with E-state index < -0.39 is 23.0 Å². The standard InChI is InChI=1S/C26H26N2O6/c1-25-22(23(29)27-12-17-5-3-4-6-18(17)31-2)20-9-10-26(25,34-20)14-28(24(25)30)13-16-7-8-19-21(11-16)33-15-32-19/h3-11,20,22H,12-15H2,1-2H3,(H,27,29)/t20-,22?,25-,26?/m0/s1. The van der Waals surface area contributed by atoms with Gasteiger partial charge in [0.25, 0.3) is 0 Å². The molecule has 0 aromatic heterocycles. The van der Waals surface area contributed by atoms with E-state index in [0.29, 0.717) is 36.9 Å². The Hall–Kier alpha value is -3.52. The molecule has 2 bridgehead atoms. The first kappa shape index (κ1) is 21.0. The van der Waals surface area contributed by atoms with Crippen molar-refractivity contribution in [3.63, 3.8) is 0 Å². The molecule has 1 spiro atoms. The van der Waals surface area contributed by atoms with E-state index in [0.717, 1.165) is 11.1 Å². The minimum absolute atomic E-state index is 0.0746. The molecule has 4 atom stereocenters. The number of methoxy groups -OCH3 is 1. The Kier molecular flexibility index (Phi) is 4.64. The lowest BCUT2D eigenvalue weighted by atomic mass is 9.64. The normalized spacial score (nSPS) is 30.1. The highest BCUT2D eigenvalue weighted by molar-refractivity contribution is 5.96. The monoisotopic (exact) mass is 462 g/mol. The van der Waals surface area contributed by atoms with Crippen LogP contribution < -0.4 is 19.5 Å². The minimum Gasteiger partial charge on any atom is -0.496 e. The fraction of sp³-hybridized carbons (Fsp3) is 0.385. The van der Waals surface area contributed by atoms with Crippen LogP contribution in [-0.2, 0) is 27.4 Å². The summed E-state index contributed by atoms with van der Waals surface area (Å²) in [5.41, 5.74) is 0.0267. The second-order valence-corrected chi connectivity index (χ2v) is 9.39. The zero-order valence-corrected chi connectivity index (χ0v) is 19.1. The summed E-state index contributed by atoms with van der Waals surface area (Å²) in [7, 11) is 1.60. The SMILES string of the molecule is COc1ccccc1CNC(=O)C1[C@@H]2C=CC3(CN(Cc4ccc5c(c4)OCO5)C(=O)[C@]13C)O2. The predicted octanol–water partition coefficient (Wildman–Crippen LogP) is 2.41. The van der Waals surface area contributed by atoms with E-state index in [1.165, 1.54) is 0 Å². The average molecular weight is 463 g/mol. The third-order valence-electron chi connectivity index (χ3n) is 7.63. The summed E-state index contributed by atoms with van der Waals surface area (Å²) in [6.07, 6.45) is 3.48. The summed E-state index contributed by atoms with van der Waals surface area (Å²) in [5, 5.41) is 3.01. The molecule has 2 aromatic carbocycles. The smallest absolute Gasteiger partial charge is 0.233 e. The van der Waals surface area contributed by atoms with Crippen molar-refractivity contribution in [2.24, 2.45) is 11.3 Å².